The third-order valence-electron chi connectivity index (χ3n) is 3.53. The molecule has 0 fully saturated rings. The molecule has 0 aliphatic rings. The summed E-state index contributed by atoms with van der Waals surface area (Å²) in [4.78, 5) is 16.3. The van der Waals surface area contributed by atoms with Gasteiger partial charge in [-0.2, -0.15) is 4.98 Å². The molecule has 5 nitrogen and oxygen atoms in total. The fraction of sp³-hybridized carbons (Fsp3) is 0.167. The van der Waals surface area contributed by atoms with Gasteiger partial charge in [-0.05, 0) is 55.3 Å². The highest BCUT2D eigenvalue weighted by Crippen LogP contribution is 2.17. The minimum Gasteiger partial charge on any atom is -0.352 e. The van der Waals surface area contributed by atoms with Crippen molar-refractivity contribution in [2.75, 3.05) is 6.54 Å². The topological polar surface area (TPSA) is 68.0 Å². The first-order valence-corrected chi connectivity index (χ1v) is 7.55. The zero-order valence-corrected chi connectivity index (χ0v) is 13.1. The van der Waals surface area contributed by atoms with Crippen LogP contribution in [0.4, 0.5) is 4.39 Å². The number of benzene rings is 2. The Morgan fingerprint density at radius 3 is 2.46 bits per heavy atom. The van der Waals surface area contributed by atoms with Gasteiger partial charge in [0, 0.05) is 17.7 Å². The fourth-order valence-corrected chi connectivity index (χ4v) is 2.25. The van der Waals surface area contributed by atoms with E-state index in [1.165, 1.54) is 12.1 Å². The van der Waals surface area contributed by atoms with Crippen molar-refractivity contribution in [3.63, 3.8) is 0 Å². The van der Waals surface area contributed by atoms with E-state index in [9.17, 15) is 9.18 Å². The molecule has 1 N–H and O–H groups in total. The Labute approximate surface area is 138 Å². The van der Waals surface area contributed by atoms with E-state index in [2.05, 4.69) is 15.5 Å². The molecule has 0 saturated heterocycles. The van der Waals surface area contributed by atoms with E-state index in [-0.39, 0.29) is 11.7 Å². The average Bonchev–Trinajstić information content (AvgIpc) is 3.03. The van der Waals surface area contributed by atoms with Gasteiger partial charge in [-0.1, -0.05) is 17.3 Å². The van der Waals surface area contributed by atoms with Crippen LogP contribution in [0.1, 0.15) is 21.7 Å². The Bertz CT molecular complexity index is 826. The maximum Gasteiger partial charge on any atom is 0.257 e. The number of nitrogens with zero attached hydrogens (tertiary/aromatic N) is 2. The molecule has 0 aliphatic carbocycles. The van der Waals surface area contributed by atoms with Gasteiger partial charge in [-0.3, -0.25) is 4.79 Å². The molecule has 1 heterocycles. The third kappa shape index (κ3) is 3.84. The molecule has 1 amide bonds. The van der Waals surface area contributed by atoms with E-state index in [1.807, 2.05) is 0 Å². The number of nitrogens with one attached hydrogen (secondary N) is 1. The molecule has 2 aromatic carbocycles. The van der Waals surface area contributed by atoms with Crippen LogP contribution in [0.15, 0.2) is 53.1 Å². The van der Waals surface area contributed by atoms with Crippen LogP contribution in [0.25, 0.3) is 11.5 Å². The molecule has 0 saturated carbocycles. The molecule has 0 aliphatic heterocycles. The predicted octanol–water partition coefficient (Wildman–Crippen LogP) is 3.16. The summed E-state index contributed by atoms with van der Waals surface area (Å²) in [5.74, 6) is 0.563. The van der Waals surface area contributed by atoms with Gasteiger partial charge in [0.25, 0.3) is 11.8 Å². The lowest BCUT2D eigenvalue weighted by Gasteiger charge is -2.06. The molecule has 0 spiro atoms. The number of aryl methyl sites for hydroxylation is 1. The Hall–Kier alpha value is -3.02. The summed E-state index contributed by atoms with van der Waals surface area (Å²) in [5.41, 5.74) is 2.28. The summed E-state index contributed by atoms with van der Waals surface area (Å²) in [6.45, 7) is 2.23. The normalized spacial score (nSPS) is 10.6. The second-order valence-corrected chi connectivity index (χ2v) is 5.36. The van der Waals surface area contributed by atoms with Crippen molar-refractivity contribution < 1.29 is 13.7 Å². The highest BCUT2D eigenvalue weighted by molar-refractivity contribution is 5.94. The van der Waals surface area contributed by atoms with Crippen molar-refractivity contribution >= 4 is 5.91 Å². The van der Waals surface area contributed by atoms with Crippen LogP contribution in [0.5, 0.6) is 0 Å². The van der Waals surface area contributed by atoms with E-state index >= 15 is 0 Å². The van der Waals surface area contributed by atoms with Crippen LogP contribution in [0.2, 0.25) is 0 Å². The summed E-state index contributed by atoms with van der Waals surface area (Å²) in [5, 5.41) is 6.58. The number of carbonyl (C=O) groups excluding carboxylic acids is 1. The number of hydrogen-bond donors (Lipinski definition) is 1. The maximum atomic E-state index is 12.8. The Balaban J connectivity index is 1.56. The molecule has 0 unspecified atom stereocenters. The maximum absolute atomic E-state index is 12.8. The minimum absolute atomic E-state index is 0.162. The Morgan fingerprint density at radius 1 is 1.12 bits per heavy atom. The number of halogens is 1. The van der Waals surface area contributed by atoms with Crippen LogP contribution in [-0.4, -0.2) is 22.6 Å². The molecule has 1 aromatic heterocycles. The fourth-order valence-electron chi connectivity index (χ4n) is 2.25. The smallest absolute Gasteiger partial charge is 0.257 e. The van der Waals surface area contributed by atoms with Gasteiger partial charge in [0.1, 0.15) is 5.82 Å². The quantitative estimate of drug-likeness (QED) is 0.782. The number of carbonyl (C=O) groups is 1. The van der Waals surface area contributed by atoms with Crippen molar-refractivity contribution in [3.8, 4) is 11.5 Å². The average molecular weight is 325 g/mol. The Morgan fingerprint density at radius 2 is 1.83 bits per heavy atom. The highest BCUT2D eigenvalue weighted by atomic mass is 19.1. The monoisotopic (exact) mass is 325 g/mol. The summed E-state index contributed by atoms with van der Waals surface area (Å²) < 4.78 is 17.9. The number of rotatable bonds is 5. The van der Waals surface area contributed by atoms with Gasteiger partial charge >= 0.3 is 0 Å². The first-order chi connectivity index (χ1) is 11.6. The lowest BCUT2D eigenvalue weighted by atomic mass is 10.1. The third-order valence-corrected chi connectivity index (χ3v) is 3.53. The first-order valence-electron chi connectivity index (χ1n) is 7.55. The van der Waals surface area contributed by atoms with Crippen molar-refractivity contribution in [3.05, 3.63) is 71.3 Å². The van der Waals surface area contributed by atoms with Crippen LogP contribution in [0.3, 0.4) is 0 Å². The van der Waals surface area contributed by atoms with Gasteiger partial charge in [0.2, 0.25) is 0 Å². The van der Waals surface area contributed by atoms with E-state index in [0.29, 0.717) is 30.2 Å². The molecule has 3 aromatic rings. The zero-order valence-electron chi connectivity index (χ0n) is 13.1. The number of amides is 1. The molecule has 0 bridgehead atoms. The molecule has 3 rings (SSSR count). The highest BCUT2D eigenvalue weighted by Gasteiger charge is 2.09. The summed E-state index contributed by atoms with van der Waals surface area (Å²) in [6, 6.07) is 13.2. The predicted molar refractivity (Wildman–Crippen MR) is 86.9 cm³/mol. The molecule has 0 atom stereocenters. The molecule has 6 heteroatoms. The number of aromatic nitrogens is 2. The van der Waals surface area contributed by atoms with Crippen molar-refractivity contribution in [1.29, 1.82) is 0 Å². The van der Waals surface area contributed by atoms with Crippen molar-refractivity contribution in [2.45, 2.75) is 13.3 Å². The largest absolute Gasteiger partial charge is 0.352 e. The van der Waals surface area contributed by atoms with E-state index in [1.54, 1.807) is 43.3 Å². The SMILES string of the molecule is Cc1noc(-c2ccc(C(=O)NCCc3ccc(F)cc3)cc2)n1. The van der Waals surface area contributed by atoms with Crippen LogP contribution < -0.4 is 5.32 Å². The number of hydrogen-bond acceptors (Lipinski definition) is 4. The van der Waals surface area contributed by atoms with E-state index in [0.717, 1.165) is 11.1 Å². The van der Waals surface area contributed by atoms with Gasteiger partial charge in [0.05, 0.1) is 0 Å². The Kier molecular flexibility index (Phi) is 4.65. The molecule has 122 valence electrons. The van der Waals surface area contributed by atoms with Crippen LogP contribution in [0, 0.1) is 12.7 Å². The van der Waals surface area contributed by atoms with Crippen molar-refractivity contribution in [2.24, 2.45) is 0 Å². The second kappa shape index (κ2) is 7.04. The minimum atomic E-state index is -0.265. The summed E-state index contributed by atoms with van der Waals surface area (Å²) >= 11 is 0. The van der Waals surface area contributed by atoms with E-state index in [4.69, 9.17) is 4.52 Å². The van der Waals surface area contributed by atoms with Gasteiger partial charge < -0.3 is 9.84 Å². The zero-order chi connectivity index (χ0) is 16.9. The van der Waals surface area contributed by atoms with Crippen LogP contribution >= 0.6 is 0 Å². The van der Waals surface area contributed by atoms with Gasteiger partial charge in [-0.25, -0.2) is 4.39 Å². The molecule has 24 heavy (non-hydrogen) atoms. The molecule has 0 radical (unpaired) electrons. The summed E-state index contributed by atoms with van der Waals surface area (Å²) in [6.07, 6.45) is 0.644. The summed E-state index contributed by atoms with van der Waals surface area (Å²) in [7, 11) is 0. The lowest BCUT2D eigenvalue weighted by molar-refractivity contribution is 0.0954. The van der Waals surface area contributed by atoms with Crippen molar-refractivity contribution in [1.82, 2.24) is 15.5 Å². The van der Waals surface area contributed by atoms with E-state index < -0.39 is 0 Å². The molecular formula is C18H16FN3O2. The first kappa shape index (κ1) is 15.9. The standard InChI is InChI=1S/C18H16FN3O2/c1-12-21-18(24-22-12)15-6-4-14(5-7-15)17(23)20-11-10-13-2-8-16(19)9-3-13/h2-9H,10-11H2,1H3,(H,20,23). The van der Waals surface area contributed by atoms with Gasteiger partial charge in [0.15, 0.2) is 5.82 Å². The second-order valence-electron chi connectivity index (χ2n) is 5.36. The van der Waals surface area contributed by atoms with Gasteiger partial charge in [-0.15, -0.1) is 0 Å². The molecular weight excluding hydrogens is 309 g/mol. The van der Waals surface area contributed by atoms with Crippen LogP contribution in [-0.2, 0) is 6.42 Å². The lowest BCUT2D eigenvalue weighted by Crippen LogP contribution is -2.25.